The molecule has 4 nitrogen and oxygen atoms in total. The van der Waals surface area contributed by atoms with Crippen molar-refractivity contribution >= 4 is 11.9 Å². The summed E-state index contributed by atoms with van der Waals surface area (Å²) in [7, 11) is 1.73. The Balaban J connectivity index is 2.75. The molecule has 4 heteroatoms. The van der Waals surface area contributed by atoms with E-state index < -0.39 is 0 Å². The van der Waals surface area contributed by atoms with E-state index in [1.54, 1.807) is 11.9 Å². The molecule has 1 aliphatic rings. The van der Waals surface area contributed by atoms with Crippen molar-refractivity contribution < 1.29 is 9.59 Å². The predicted octanol–water partition coefficient (Wildman–Crippen LogP) is 0.973. The zero-order valence-corrected chi connectivity index (χ0v) is 8.33. The minimum absolute atomic E-state index is 0.0613. The average Bonchev–Trinajstić information content (AvgIpc) is 2.09. The average molecular weight is 184 g/mol. The van der Waals surface area contributed by atoms with Crippen LogP contribution in [0.25, 0.3) is 0 Å². The fourth-order valence-electron chi connectivity index (χ4n) is 1.71. The monoisotopic (exact) mass is 184 g/mol. The molecule has 2 atom stereocenters. The summed E-state index contributed by atoms with van der Waals surface area (Å²) >= 11 is 0. The van der Waals surface area contributed by atoms with Gasteiger partial charge in [-0.1, -0.05) is 20.3 Å². The third-order valence-corrected chi connectivity index (χ3v) is 2.62. The third-order valence-electron chi connectivity index (χ3n) is 2.62. The summed E-state index contributed by atoms with van der Waals surface area (Å²) in [6.07, 6.45) is 1.87. The standard InChI is InChI=1S/C9H16N2O2/c1-4-5-7-6(2)8(12)10-9(13)11(7)3/h6-7H,4-5H2,1-3H3,(H,10,12,13). The molecule has 1 N–H and O–H groups in total. The molecule has 0 saturated carbocycles. The number of carbonyl (C=O) groups is 2. The summed E-state index contributed by atoms with van der Waals surface area (Å²) in [6, 6.07) is -0.215. The number of amides is 3. The van der Waals surface area contributed by atoms with Gasteiger partial charge in [-0.3, -0.25) is 10.1 Å². The van der Waals surface area contributed by atoms with Crippen LogP contribution in [0, 0.1) is 5.92 Å². The molecule has 74 valence electrons. The van der Waals surface area contributed by atoms with Crippen molar-refractivity contribution in [1.29, 1.82) is 0 Å². The van der Waals surface area contributed by atoms with Gasteiger partial charge < -0.3 is 4.90 Å². The van der Waals surface area contributed by atoms with E-state index in [1.165, 1.54) is 0 Å². The zero-order chi connectivity index (χ0) is 10.0. The van der Waals surface area contributed by atoms with Crippen LogP contribution >= 0.6 is 0 Å². The molecular weight excluding hydrogens is 168 g/mol. The van der Waals surface area contributed by atoms with Crippen LogP contribution in [0.1, 0.15) is 26.7 Å². The number of hydrogen-bond acceptors (Lipinski definition) is 2. The fourth-order valence-corrected chi connectivity index (χ4v) is 1.71. The van der Waals surface area contributed by atoms with Crippen molar-refractivity contribution in [2.75, 3.05) is 7.05 Å². The van der Waals surface area contributed by atoms with Crippen molar-refractivity contribution in [3.63, 3.8) is 0 Å². The molecule has 2 unspecified atom stereocenters. The first kappa shape index (κ1) is 10.0. The van der Waals surface area contributed by atoms with Gasteiger partial charge in [-0.2, -0.15) is 0 Å². The lowest BCUT2D eigenvalue weighted by Gasteiger charge is -2.36. The molecule has 1 heterocycles. The molecule has 0 aromatic rings. The van der Waals surface area contributed by atoms with Gasteiger partial charge in [0.05, 0.1) is 5.92 Å². The Morgan fingerprint density at radius 2 is 2.08 bits per heavy atom. The normalized spacial score (nSPS) is 29.0. The maximum Gasteiger partial charge on any atom is 0.324 e. The topological polar surface area (TPSA) is 49.4 Å². The van der Waals surface area contributed by atoms with E-state index in [-0.39, 0.29) is 23.9 Å². The van der Waals surface area contributed by atoms with Crippen LogP contribution in [0.15, 0.2) is 0 Å². The molecule has 0 aliphatic carbocycles. The minimum atomic E-state index is -0.276. The van der Waals surface area contributed by atoms with E-state index in [9.17, 15) is 9.59 Å². The molecular formula is C9H16N2O2. The second kappa shape index (κ2) is 3.77. The van der Waals surface area contributed by atoms with Gasteiger partial charge in [0.2, 0.25) is 5.91 Å². The van der Waals surface area contributed by atoms with E-state index in [0.717, 1.165) is 12.8 Å². The largest absolute Gasteiger partial charge is 0.324 e. The highest BCUT2D eigenvalue weighted by atomic mass is 16.2. The second-order valence-corrected chi connectivity index (χ2v) is 3.55. The molecule has 1 saturated heterocycles. The molecule has 0 bridgehead atoms. The molecule has 3 amide bonds. The molecule has 1 rings (SSSR count). The number of nitrogens with one attached hydrogen (secondary N) is 1. The van der Waals surface area contributed by atoms with Crippen molar-refractivity contribution in [2.45, 2.75) is 32.7 Å². The first-order chi connectivity index (χ1) is 6.07. The maximum absolute atomic E-state index is 11.3. The molecule has 0 aromatic heterocycles. The predicted molar refractivity (Wildman–Crippen MR) is 49.2 cm³/mol. The van der Waals surface area contributed by atoms with Crippen LogP contribution < -0.4 is 5.32 Å². The highest BCUT2D eigenvalue weighted by Crippen LogP contribution is 2.19. The first-order valence-electron chi connectivity index (χ1n) is 4.65. The summed E-state index contributed by atoms with van der Waals surface area (Å²) < 4.78 is 0. The lowest BCUT2D eigenvalue weighted by atomic mass is 9.94. The van der Waals surface area contributed by atoms with Gasteiger partial charge in [0.25, 0.3) is 0 Å². The van der Waals surface area contributed by atoms with Gasteiger partial charge in [-0.05, 0) is 6.42 Å². The Hall–Kier alpha value is -1.06. The van der Waals surface area contributed by atoms with Crippen LogP contribution in [0.3, 0.4) is 0 Å². The van der Waals surface area contributed by atoms with E-state index in [2.05, 4.69) is 12.2 Å². The van der Waals surface area contributed by atoms with Crippen molar-refractivity contribution in [2.24, 2.45) is 5.92 Å². The number of nitrogens with zero attached hydrogens (tertiary/aromatic N) is 1. The molecule has 0 radical (unpaired) electrons. The van der Waals surface area contributed by atoms with Crippen molar-refractivity contribution in [3.05, 3.63) is 0 Å². The van der Waals surface area contributed by atoms with Crippen LogP contribution in [0.4, 0.5) is 4.79 Å². The molecule has 1 fully saturated rings. The van der Waals surface area contributed by atoms with E-state index >= 15 is 0 Å². The Labute approximate surface area is 78.3 Å². The number of carbonyl (C=O) groups excluding carboxylic acids is 2. The second-order valence-electron chi connectivity index (χ2n) is 3.55. The van der Waals surface area contributed by atoms with Crippen molar-refractivity contribution in [3.8, 4) is 0 Å². The fraction of sp³-hybridized carbons (Fsp3) is 0.778. The van der Waals surface area contributed by atoms with Gasteiger partial charge in [0.15, 0.2) is 0 Å². The van der Waals surface area contributed by atoms with Crippen molar-refractivity contribution in [1.82, 2.24) is 10.2 Å². The Morgan fingerprint density at radius 3 is 2.62 bits per heavy atom. The lowest BCUT2D eigenvalue weighted by molar-refractivity contribution is -0.127. The first-order valence-corrected chi connectivity index (χ1v) is 4.65. The quantitative estimate of drug-likeness (QED) is 0.695. The molecule has 0 aromatic carbocycles. The highest BCUT2D eigenvalue weighted by Gasteiger charge is 2.35. The Morgan fingerprint density at radius 1 is 1.46 bits per heavy atom. The summed E-state index contributed by atoms with van der Waals surface area (Å²) in [4.78, 5) is 24.1. The van der Waals surface area contributed by atoms with Gasteiger partial charge >= 0.3 is 6.03 Å². The molecule has 1 aliphatic heterocycles. The van der Waals surface area contributed by atoms with E-state index in [4.69, 9.17) is 0 Å². The summed E-state index contributed by atoms with van der Waals surface area (Å²) in [6.45, 7) is 3.91. The maximum atomic E-state index is 11.3. The van der Waals surface area contributed by atoms with E-state index in [1.807, 2.05) is 6.92 Å². The lowest BCUT2D eigenvalue weighted by Crippen LogP contribution is -2.57. The molecule has 0 spiro atoms. The summed E-state index contributed by atoms with van der Waals surface area (Å²) in [5, 5.41) is 2.32. The summed E-state index contributed by atoms with van der Waals surface area (Å²) in [5.41, 5.74) is 0. The number of urea groups is 1. The van der Waals surface area contributed by atoms with Crippen LogP contribution in [-0.4, -0.2) is 29.9 Å². The zero-order valence-electron chi connectivity index (χ0n) is 8.33. The number of rotatable bonds is 2. The number of hydrogen-bond donors (Lipinski definition) is 1. The smallest absolute Gasteiger partial charge is 0.324 e. The van der Waals surface area contributed by atoms with E-state index in [0.29, 0.717) is 0 Å². The highest BCUT2D eigenvalue weighted by molar-refractivity contribution is 5.98. The van der Waals surface area contributed by atoms with Crippen LogP contribution in [0.2, 0.25) is 0 Å². The van der Waals surface area contributed by atoms with Gasteiger partial charge in [0.1, 0.15) is 0 Å². The van der Waals surface area contributed by atoms with Gasteiger partial charge in [-0.25, -0.2) is 4.79 Å². The Kier molecular flexibility index (Phi) is 2.90. The molecule has 13 heavy (non-hydrogen) atoms. The minimum Gasteiger partial charge on any atom is -0.324 e. The SMILES string of the molecule is CCCC1C(C)C(=O)NC(=O)N1C. The van der Waals surface area contributed by atoms with Gasteiger partial charge in [0, 0.05) is 13.1 Å². The summed E-state index contributed by atoms with van der Waals surface area (Å²) in [5.74, 6) is -0.246. The number of imide groups is 1. The van der Waals surface area contributed by atoms with Crippen LogP contribution in [-0.2, 0) is 4.79 Å². The third kappa shape index (κ3) is 1.82. The van der Waals surface area contributed by atoms with Crippen LogP contribution in [0.5, 0.6) is 0 Å². The Bertz CT molecular complexity index is 208. The van der Waals surface area contributed by atoms with Gasteiger partial charge in [-0.15, -0.1) is 0 Å².